The predicted octanol–water partition coefficient (Wildman–Crippen LogP) is 4.83. The molecule has 0 unspecified atom stereocenters. The van der Waals surface area contributed by atoms with E-state index in [2.05, 4.69) is 19.9 Å². The van der Waals surface area contributed by atoms with Gasteiger partial charge in [-0.1, -0.05) is 0 Å². The molecule has 0 saturated carbocycles. The number of aromatic nitrogens is 4. The summed E-state index contributed by atoms with van der Waals surface area (Å²) in [5.41, 5.74) is 0.407. The molecule has 0 bridgehead atoms. The monoisotopic (exact) mass is 462 g/mol. The maximum Gasteiger partial charge on any atom is 0.417 e. The van der Waals surface area contributed by atoms with Crippen LogP contribution in [0.4, 0.5) is 13.2 Å². The molecule has 0 radical (unpaired) electrons. The van der Waals surface area contributed by atoms with Crippen LogP contribution in [0.1, 0.15) is 17.5 Å². The van der Waals surface area contributed by atoms with Crippen molar-refractivity contribution < 1.29 is 17.9 Å². The third-order valence-electron chi connectivity index (χ3n) is 4.64. The Morgan fingerprint density at radius 2 is 1.81 bits per heavy atom. The average molecular weight is 463 g/mol. The molecule has 6 nitrogen and oxygen atoms in total. The molecule has 3 heterocycles. The Labute approximate surface area is 186 Å². The maximum absolute atomic E-state index is 12.7. The van der Waals surface area contributed by atoms with Crippen molar-refractivity contribution in [1.82, 2.24) is 19.9 Å². The molecule has 0 aliphatic carbocycles. The lowest BCUT2D eigenvalue weighted by Crippen LogP contribution is -2.11. The molecule has 0 fully saturated rings. The highest BCUT2D eigenvalue weighted by molar-refractivity contribution is 5.85. The zero-order valence-electron chi connectivity index (χ0n) is 16.6. The summed E-state index contributed by atoms with van der Waals surface area (Å²) in [6, 6.07) is 10.9. The van der Waals surface area contributed by atoms with Crippen molar-refractivity contribution >= 4 is 23.3 Å². The minimum absolute atomic E-state index is 0. The van der Waals surface area contributed by atoms with Gasteiger partial charge in [0.2, 0.25) is 0 Å². The summed E-state index contributed by atoms with van der Waals surface area (Å²) in [4.78, 5) is 27.1. The molecule has 1 aromatic carbocycles. The van der Waals surface area contributed by atoms with Gasteiger partial charge in [-0.25, -0.2) is 4.98 Å². The van der Waals surface area contributed by atoms with Crippen molar-refractivity contribution in [3.63, 3.8) is 0 Å². The number of halogens is 4. The van der Waals surface area contributed by atoms with Crippen LogP contribution in [0.2, 0.25) is 0 Å². The second kappa shape index (κ2) is 9.78. The summed E-state index contributed by atoms with van der Waals surface area (Å²) in [5, 5.41) is 0.322. The molecule has 32 heavy (non-hydrogen) atoms. The molecule has 0 saturated heterocycles. The molecule has 4 aromatic rings. The van der Waals surface area contributed by atoms with Gasteiger partial charge in [-0.15, -0.1) is 12.4 Å². The van der Waals surface area contributed by atoms with Gasteiger partial charge in [0.15, 0.2) is 5.82 Å². The summed E-state index contributed by atoms with van der Waals surface area (Å²) < 4.78 is 43.8. The van der Waals surface area contributed by atoms with Crippen molar-refractivity contribution in [3.05, 3.63) is 82.5 Å². The normalized spacial score (nSPS) is 11.2. The summed E-state index contributed by atoms with van der Waals surface area (Å²) in [5.74, 6) is 0.632. The molecule has 4 rings (SSSR count). The molecule has 166 valence electrons. The molecule has 0 atom stereocenters. The quantitative estimate of drug-likeness (QED) is 0.415. The third kappa shape index (κ3) is 5.42. The molecule has 10 heteroatoms. The second-order valence-corrected chi connectivity index (χ2v) is 6.83. The Hall–Kier alpha value is -3.46. The lowest BCUT2D eigenvalue weighted by molar-refractivity contribution is -0.137. The highest BCUT2D eigenvalue weighted by atomic mass is 35.5. The van der Waals surface area contributed by atoms with Gasteiger partial charge >= 0.3 is 6.18 Å². The Balaban J connectivity index is 0.00000289. The Morgan fingerprint density at radius 3 is 2.50 bits per heavy atom. The van der Waals surface area contributed by atoms with Gasteiger partial charge in [-0.3, -0.25) is 14.8 Å². The fourth-order valence-electron chi connectivity index (χ4n) is 3.05. The minimum Gasteiger partial charge on any atom is -0.494 e. The van der Waals surface area contributed by atoms with Crippen molar-refractivity contribution in [2.45, 2.75) is 19.0 Å². The number of H-pyrrole nitrogens is 1. The lowest BCUT2D eigenvalue weighted by Gasteiger charge is -2.09. The van der Waals surface area contributed by atoms with Crippen LogP contribution < -0.4 is 10.3 Å². The standard InChI is InChI=1S/C22H17F3N4O2.ClH/c23-22(24,25)15-3-5-19(27-13-15)20-28-18-6-4-16(12-17(18)21(30)29-20)31-11-1-2-14-7-9-26-10-8-14;/h3-10,12-13H,1-2,11H2,(H,28,29,30);1H. The van der Waals surface area contributed by atoms with E-state index in [1.54, 1.807) is 30.6 Å². The number of aromatic amines is 1. The Kier molecular flexibility index (Phi) is 7.09. The van der Waals surface area contributed by atoms with E-state index in [9.17, 15) is 18.0 Å². The lowest BCUT2D eigenvalue weighted by atomic mass is 10.1. The molecule has 0 aliphatic rings. The molecule has 0 spiro atoms. The fraction of sp³-hybridized carbons (Fsp3) is 0.182. The SMILES string of the molecule is Cl.O=c1[nH]c(-c2ccc(C(F)(F)F)cn2)nc2ccc(OCCCc3ccncc3)cc12. The molecule has 0 amide bonds. The van der Waals surface area contributed by atoms with Crippen LogP contribution in [0, 0.1) is 0 Å². The Morgan fingerprint density at radius 1 is 1.03 bits per heavy atom. The first-order valence-corrected chi connectivity index (χ1v) is 9.49. The fourth-order valence-corrected chi connectivity index (χ4v) is 3.05. The number of pyridine rings is 2. The van der Waals surface area contributed by atoms with Gasteiger partial charge in [0.1, 0.15) is 11.4 Å². The number of hydrogen-bond donors (Lipinski definition) is 1. The van der Waals surface area contributed by atoms with Crippen LogP contribution in [0.3, 0.4) is 0 Å². The second-order valence-electron chi connectivity index (χ2n) is 6.83. The third-order valence-corrected chi connectivity index (χ3v) is 4.64. The number of ether oxygens (including phenoxy) is 1. The summed E-state index contributed by atoms with van der Waals surface area (Å²) in [6.07, 6.45) is 1.37. The van der Waals surface area contributed by atoms with E-state index in [1.807, 2.05) is 12.1 Å². The first-order valence-electron chi connectivity index (χ1n) is 9.49. The van der Waals surface area contributed by atoms with Crippen LogP contribution in [0.25, 0.3) is 22.4 Å². The van der Waals surface area contributed by atoms with Gasteiger partial charge in [0.05, 0.1) is 23.1 Å². The number of hydrogen-bond acceptors (Lipinski definition) is 5. The van der Waals surface area contributed by atoms with E-state index in [0.29, 0.717) is 29.5 Å². The molecular weight excluding hydrogens is 445 g/mol. The largest absolute Gasteiger partial charge is 0.494 e. The maximum atomic E-state index is 12.7. The van der Waals surface area contributed by atoms with E-state index in [1.165, 1.54) is 11.6 Å². The number of alkyl halides is 3. The summed E-state index contributed by atoms with van der Waals surface area (Å²) >= 11 is 0. The van der Waals surface area contributed by atoms with Gasteiger partial charge in [0.25, 0.3) is 5.56 Å². The van der Waals surface area contributed by atoms with Crippen molar-refractivity contribution in [2.75, 3.05) is 6.61 Å². The van der Waals surface area contributed by atoms with Crippen LogP contribution in [-0.2, 0) is 12.6 Å². The van der Waals surface area contributed by atoms with E-state index in [-0.39, 0.29) is 23.9 Å². The first-order chi connectivity index (χ1) is 14.9. The number of fused-ring (bicyclic) bond motifs is 1. The molecule has 0 aliphatic heterocycles. The smallest absolute Gasteiger partial charge is 0.417 e. The van der Waals surface area contributed by atoms with Crippen molar-refractivity contribution in [3.8, 4) is 17.3 Å². The Bertz CT molecular complexity index is 1250. The number of benzene rings is 1. The number of aryl methyl sites for hydroxylation is 1. The van der Waals surface area contributed by atoms with Gasteiger partial charge < -0.3 is 9.72 Å². The van der Waals surface area contributed by atoms with Crippen LogP contribution >= 0.6 is 12.4 Å². The summed E-state index contributed by atoms with van der Waals surface area (Å²) in [7, 11) is 0. The average Bonchev–Trinajstić information content (AvgIpc) is 2.77. The van der Waals surface area contributed by atoms with E-state index in [4.69, 9.17) is 4.74 Å². The van der Waals surface area contributed by atoms with E-state index >= 15 is 0 Å². The van der Waals surface area contributed by atoms with Crippen LogP contribution in [-0.4, -0.2) is 26.5 Å². The van der Waals surface area contributed by atoms with Crippen molar-refractivity contribution in [2.24, 2.45) is 0 Å². The van der Waals surface area contributed by atoms with Gasteiger partial charge in [0, 0.05) is 18.6 Å². The van der Waals surface area contributed by atoms with E-state index in [0.717, 1.165) is 18.9 Å². The highest BCUT2D eigenvalue weighted by Gasteiger charge is 2.30. The molecule has 3 aromatic heterocycles. The molecule has 1 N–H and O–H groups in total. The van der Waals surface area contributed by atoms with Gasteiger partial charge in [-0.2, -0.15) is 13.2 Å². The zero-order chi connectivity index (χ0) is 21.8. The zero-order valence-corrected chi connectivity index (χ0v) is 17.4. The van der Waals surface area contributed by atoms with Crippen LogP contribution in [0.5, 0.6) is 5.75 Å². The van der Waals surface area contributed by atoms with E-state index < -0.39 is 17.3 Å². The summed E-state index contributed by atoms with van der Waals surface area (Å²) in [6.45, 7) is 0.479. The van der Waals surface area contributed by atoms with Crippen molar-refractivity contribution in [1.29, 1.82) is 0 Å². The minimum atomic E-state index is -4.48. The molecular formula is C22H18ClF3N4O2. The first kappa shape index (κ1) is 23.2. The van der Waals surface area contributed by atoms with Gasteiger partial charge in [-0.05, 0) is 60.9 Å². The number of nitrogens with one attached hydrogen (secondary N) is 1. The predicted molar refractivity (Wildman–Crippen MR) is 116 cm³/mol. The number of rotatable bonds is 6. The number of nitrogens with zero attached hydrogens (tertiary/aromatic N) is 3. The highest BCUT2D eigenvalue weighted by Crippen LogP contribution is 2.29. The van der Waals surface area contributed by atoms with Crippen LogP contribution in [0.15, 0.2) is 65.8 Å². The topological polar surface area (TPSA) is 80.8 Å².